The lowest BCUT2D eigenvalue weighted by Gasteiger charge is -1.98. The van der Waals surface area contributed by atoms with Crippen LogP contribution in [0.3, 0.4) is 0 Å². The Hall–Kier alpha value is -1.88. The maximum Gasteiger partial charge on any atom is 0.346 e. The summed E-state index contributed by atoms with van der Waals surface area (Å²) >= 11 is 1.08. The van der Waals surface area contributed by atoms with E-state index >= 15 is 0 Å². The third-order valence-corrected chi connectivity index (χ3v) is 3.34. The molecular weight excluding hydrogens is 228 g/mol. The highest BCUT2D eigenvalue weighted by atomic mass is 32.1. The third-order valence-electron chi connectivity index (χ3n) is 2.18. The molecule has 0 unspecified atom stereocenters. The largest absolute Gasteiger partial charge is 0.477 e. The molecule has 0 bridgehead atoms. The molecule has 5 heteroatoms. The molecule has 0 spiro atoms. The van der Waals surface area contributed by atoms with E-state index in [0.717, 1.165) is 16.0 Å². The van der Waals surface area contributed by atoms with Crippen molar-refractivity contribution in [1.82, 2.24) is 0 Å². The SMILES string of the molecule is COC(=O)c1c(C(=O)O)sc2ccccc12. The quantitative estimate of drug-likeness (QED) is 0.813. The number of aromatic carboxylic acids is 1. The number of rotatable bonds is 2. The summed E-state index contributed by atoms with van der Waals surface area (Å²) in [5.41, 5.74) is 0.135. The average molecular weight is 236 g/mol. The average Bonchev–Trinajstić information content (AvgIpc) is 2.67. The minimum absolute atomic E-state index is 0.0213. The highest BCUT2D eigenvalue weighted by Gasteiger charge is 2.23. The van der Waals surface area contributed by atoms with Crippen molar-refractivity contribution in [2.24, 2.45) is 0 Å². The molecule has 0 aliphatic carbocycles. The Morgan fingerprint density at radius 1 is 1.31 bits per heavy atom. The van der Waals surface area contributed by atoms with Crippen LogP contribution >= 0.6 is 11.3 Å². The lowest BCUT2D eigenvalue weighted by molar-refractivity contribution is 0.0587. The number of ether oxygens (including phenoxy) is 1. The Morgan fingerprint density at radius 2 is 2.00 bits per heavy atom. The van der Waals surface area contributed by atoms with Gasteiger partial charge in [0, 0.05) is 10.1 Å². The molecule has 2 rings (SSSR count). The Balaban J connectivity index is 2.79. The van der Waals surface area contributed by atoms with Crippen LogP contribution < -0.4 is 0 Å². The van der Waals surface area contributed by atoms with Gasteiger partial charge in [-0.25, -0.2) is 9.59 Å². The van der Waals surface area contributed by atoms with Crippen molar-refractivity contribution in [3.8, 4) is 0 Å². The Labute approximate surface area is 95.1 Å². The van der Waals surface area contributed by atoms with Gasteiger partial charge < -0.3 is 9.84 Å². The number of carbonyl (C=O) groups is 2. The molecule has 1 aromatic carbocycles. The highest BCUT2D eigenvalue weighted by molar-refractivity contribution is 7.21. The van der Waals surface area contributed by atoms with Gasteiger partial charge in [0.2, 0.25) is 0 Å². The number of fused-ring (bicyclic) bond motifs is 1. The molecule has 1 heterocycles. The number of carboxylic acid groups (broad SMARTS) is 1. The van der Waals surface area contributed by atoms with Crippen molar-refractivity contribution < 1.29 is 19.4 Å². The molecule has 0 radical (unpaired) electrons. The second-order valence-corrected chi connectivity index (χ2v) is 4.15. The maximum absolute atomic E-state index is 11.5. The summed E-state index contributed by atoms with van der Waals surface area (Å²) in [7, 11) is 1.24. The zero-order valence-electron chi connectivity index (χ0n) is 8.39. The van der Waals surface area contributed by atoms with E-state index in [4.69, 9.17) is 5.11 Å². The fraction of sp³-hybridized carbons (Fsp3) is 0.0909. The molecule has 0 fully saturated rings. The monoisotopic (exact) mass is 236 g/mol. The second-order valence-electron chi connectivity index (χ2n) is 3.10. The van der Waals surface area contributed by atoms with Gasteiger partial charge in [-0.1, -0.05) is 18.2 Å². The van der Waals surface area contributed by atoms with Crippen LogP contribution in [-0.2, 0) is 4.74 Å². The zero-order chi connectivity index (χ0) is 11.7. The molecule has 1 aromatic heterocycles. The second kappa shape index (κ2) is 3.94. The molecule has 0 saturated carbocycles. The summed E-state index contributed by atoms with van der Waals surface area (Å²) in [6, 6.07) is 7.04. The van der Waals surface area contributed by atoms with Gasteiger partial charge in [-0.15, -0.1) is 11.3 Å². The summed E-state index contributed by atoms with van der Waals surface area (Å²) in [6.45, 7) is 0. The molecule has 0 aliphatic heterocycles. The highest BCUT2D eigenvalue weighted by Crippen LogP contribution is 2.31. The van der Waals surface area contributed by atoms with E-state index < -0.39 is 11.9 Å². The molecule has 1 N–H and O–H groups in total. The Kier molecular flexibility index (Phi) is 2.62. The molecule has 2 aromatic rings. The number of benzene rings is 1. The van der Waals surface area contributed by atoms with E-state index in [2.05, 4.69) is 4.74 Å². The van der Waals surface area contributed by atoms with Gasteiger partial charge in [-0.05, 0) is 6.07 Å². The van der Waals surface area contributed by atoms with Gasteiger partial charge in [0.1, 0.15) is 4.88 Å². The summed E-state index contributed by atoms with van der Waals surface area (Å²) in [4.78, 5) is 22.6. The molecule has 0 amide bonds. The minimum atomic E-state index is -1.11. The van der Waals surface area contributed by atoms with Crippen molar-refractivity contribution in [3.63, 3.8) is 0 Å². The Morgan fingerprint density at radius 3 is 2.62 bits per heavy atom. The fourth-order valence-corrected chi connectivity index (χ4v) is 2.53. The first kappa shape index (κ1) is 10.6. The predicted molar refractivity (Wildman–Crippen MR) is 60.1 cm³/mol. The van der Waals surface area contributed by atoms with Crippen molar-refractivity contribution in [1.29, 1.82) is 0 Å². The van der Waals surface area contributed by atoms with Crippen LogP contribution in [-0.4, -0.2) is 24.2 Å². The lowest BCUT2D eigenvalue weighted by atomic mass is 10.1. The number of carboxylic acids is 1. The van der Waals surface area contributed by atoms with Crippen LogP contribution in [0.15, 0.2) is 24.3 Å². The first-order valence-corrected chi connectivity index (χ1v) is 5.30. The Bertz CT molecular complexity index is 570. The molecule has 16 heavy (non-hydrogen) atoms. The number of esters is 1. The smallest absolute Gasteiger partial charge is 0.346 e. The van der Waals surface area contributed by atoms with Crippen molar-refractivity contribution in [2.75, 3.05) is 7.11 Å². The standard InChI is InChI=1S/C11H8O4S/c1-15-11(14)8-6-4-2-3-5-7(6)16-9(8)10(12)13/h2-5H,1H3,(H,12,13). The molecule has 4 nitrogen and oxygen atoms in total. The molecule has 0 saturated heterocycles. The van der Waals surface area contributed by atoms with E-state index in [9.17, 15) is 9.59 Å². The van der Waals surface area contributed by atoms with Crippen LogP contribution in [0.4, 0.5) is 0 Å². The molecule has 0 atom stereocenters. The number of carbonyl (C=O) groups excluding carboxylic acids is 1. The van der Waals surface area contributed by atoms with E-state index in [1.54, 1.807) is 24.3 Å². The van der Waals surface area contributed by atoms with Crippen LogP contribution in [0.1, 0.15) is 20.0 Å². The minimum Gasteiger partial charge on any atom is -0.477 e. The summed E-state index contributed by atoms with van der Waals surface area (Å²) in [5.74, 6) is -1.73. The summed E-state index contributed by atoms with van der Waals surface area (Å²) in [6.07, 6.45) is 0. The van der Waals surface area contributed by atoms with Crippen LogP contribution in [0.25, 0.3) is 10.1 Å². The van der Waals surface area contributed by atoms with E-state index in [1.807, 2.05) is 0 Å². The number of thiophene rings is 1. The zero-order valence-corrected chi connectivity index (χ0v) is 9.21. The van der Waals surface area contributed by atoms with Gasteiger partial charge in [0.25, 0.3) is 0 Å². The first-order chi connectivity index (χ1) is 7.65. The molecular formula is C11H8O4S. The van der Waals surface area contributed by atoms with E-state index in [1.165, 1.54) is 7.11 Å². The number of hydrogen-bond donors (Lipinski definition) is 1. The lowest BCUT2D eigenvalue weighted by Crippen LogP contribution is -2.06. The van der Waals surface area contributed by atoms with Gasteiger partial charge in [0.05, 0.1) is 12.7 Å². The van der Waals surface area contributed by atoms with Crippen LogP contribution in [0, 0.1) is 0 Å². The van der Waals surface area contributed by atoms with Gasteiger partial charge >= 0.3 is 11.9 Å². The topological polar surface area (TPSA) is 63.6 Å². The fourth-order valence-electron chi connectivity index (χ4n) is 1.50. The summed E-state index contributed by atoms with van der Waals surface area (Å²) in [5, 5.41) is 9.64. The maximum atomic E-state index is 11.5. The summed E-state index contributed by atoms with van der Waals surface area (Å²) < 4.78 is 5.36. The normalized spacial score (nSPS) is 10.3. The van der Waals surface area contributed by atoms with Crippen LogP contribution in [0.2, 0.25) is 0 Å². The van der Waals surface area contributed by atoms with Crippen LogP contribution in [0.5, 0.6) is 0 Å². The van der Waals surface area contributed by atoms with E-state index in [-0.39, 0.29) is 10.4 Å². The first-order valence-electron chi connectivity index (χ1n) is 4.48. The van der Waals surface area contributed by atoms with Gasteiger partial charge in [0.15, 0.2) is 0 Å². The van der Waals surface area contributed by atoms with Crippen molar-refractivity contribution in [2.45, 2.75) is 0 Å². The predicted octanol–water partition coefficient (Wildman–Crippen LogP) is 2.39. The molecule has 82 valence electrons. The van der Waals surface area contributed by atoms with Crippen molar-refractivity contribution >= 4 is 33.4 Å². The van der Waals surface area contributed by atoms with E-state index in [0.29, 0.717) is 5.39 Å². The molecule has 0 aliphatic rings. The number of hydrogen-bond acceptors (Lipinski definition) is 4. The van der Waals surface area contributed by atoms with Gasteiger partial charge in [-0.3, -0.25) is 0 Å². The third kappa shape index (κ3) is 1.55. The number of methoxy groups -OCH3 is 1. The van der Waals surface area contributed by atoms with Crippen molar-refractivity contribution in [3.05, 3.63) is 34.7 Å². The van der Waals surface area contributed by atoms with Gasteiger partial charge in [-0.2, -0.15) is 0 Å².